The van der Waals surface area contributed by atoms with Crippen LogP contribution in [0, 0.1) is 3.57 Å². The molecule has 0 bridgehead atoms. The summed E-state index contributed by atoms with van der Waals surface area (Å²) in [6, 6.07) is 4.61. The maximum Gasteiger partial charge on any atom is 0.323 e. The van der Waals surface area contributed by atoms with Crippen LogP contribution in [0.25, 0.3) is 0 Å². The molecule has 0 aromatic heterocycles. The number of carboxylic acid groups (broad SMARTS) is 1. The van der Waals surface area contributed by atoms with Gasteiger partial charge in [-0.05, 0) is 40.8 Å². The maximum atomic E-state index is 11.9. The van der Waals surface area contributed by atoms with Crippen molar-refractivity contribution in [2.75, 3.05) is 18.4 Å². The number of amides is 2. The van der Waals surface area contributed by atoms with Crippen LogP contribution in [0.2, 0.25) is 5.02 Å². The topological polar surface area (TPSA) is 69.6 Å². The summed E-state index contributed by atoms with van der Waals surface area (Å²) >= 11 is 8.09. The molecule has 1 aromatic carbocycles. The van der Waals surface area contributed by atoms with Gasteiger partial charge < -0.3 is 15.3 Å². The van der Waals surface area contributed by atoms with Crippen LogP contribution in [0.15, 0.2) is 30.9 Å². The standard InChI is InChI=1S/C12H12ClIN2O3/c1-2-5-16(7-11(17)18)12(19)15-10-4-3-8(14)6-9(10)13/h2-4,6H,1,5,7H2,(H,15,19)(H,17,18). The number of halogens is 2. The van der Waals surface area contributed by atoms with Crippen molar-refractivity contribution < 1.29 is 14.7 Å². The summed E-state index contributed by atoms with van der Waals surface area (Å²) < 4.78 is 0.939. The SMILES string of the molecule is C=CCN(CC(=O)O)C(=O)Nc1ccc(I)cc1Cl. The summed E-state index contributed by atoms with van der Waals surface area (Å²) in [7, 11) is 0. The van der Waals surface area contributed by atoms with Crippen molar-refractivity contribution in [2.24, 2.45) is 0 Å². The maximum absolute atomic E-state index is 11.9. The molecule has 0 aliphatic rings. The Morgan fingerprint density at radius 2 is 2.21 bits per heavy atom. The van der Waals surface area contributed by atoms with Crippen LogP contribution in [-0.2, 0) is 4.79 Å². The lowest BCUT2D eigenvalue weighted by Crippen LogP contribution is -2.38. The first-order valence-corrected chi connectivity index (χ1v) is 6.73. The van der Waals surface area contributed by atoms with Gasteiger partial charge in [0.2, 0.25) is 0 Å². The van der Waals surface area contributed by atoms with Gasteiger partial charge in [-0.25, -0.2) is 4.79 Å². The number of rotatable bonds is 5. The van der Waals surface area contributed by atoms with Gasteiger partial charge >= 0.3 is 12.0 Å². The summed E-state index contributed by atoms with van der Waals surface area (Å²) in [4.78, 5) is 23.7. The molecule has 0 fully saturated rings. The van der Waals surface area contributed by atoms with E-state index in [4.69, 9.17) is 16.7 Å². The lowest BCUT2D eigenvalue weighted by atomic mass is 10.3. The zero-order valence-corrected chi connectivity index (χ0v) is 12.8. The highest BCUT2D eigenvalue weighted by Crippen LogP contribution is 2.24. The van der Waals surface area contributed by atoms with Crippen LogP contribution in [-0.4, -0.2) is 35.1 Å². The molecular weight excluding hydrogens is 382 g/mol. The van der Waals surface area contributed by atoms with E-state index in [0.717, 1.165) is 8.47 Å². The summed E-state index contributed by atoms with van der Waals surface area (Å²) in [6.45, 7) is 3.22. The second kappa shape index (κ2) is 7.34. The van der Waals surface area contributed by atoms with E-state index in [1.165, 1.54) is 6.08 Å². The van der Waals surface area contributed by atoms with E-state index in [1.807, 2.05) is 0 Å². The van der Waals surface area contributed by atoms with Crippen molar-refractivity contribution in [1.82, 2.24) is 4.90 Å². The number of hydrogen-bond donors (Lipinski definition) is 2. The Morgan fingerprint density at radius 1 is 1.53 bits per heavy atom. The molecule has 2 amide bonds. The fourth-order valence-electron chi connectivity index (χ4n) is 1.32. The highest BCUT2D eigenvalue weighted by atomic mass is 127. The molecule has 0 unspecified atom stereocenters. The van der Waals surface area contributed by atoms with Crippen LogP contribution < -0.4 is 5.32 Å². The van der Waals surface area contributed by atoms with E-state index in [1.54, 1.807) is 18.2 Å². The number of urea groups is 1. The minimum atomic E-state index is -1.09. The first-order valence-electron chi connectivity index (χ1n) is 5.27. The molecular formula is C12H12ClIN2O3. The van der Waals surface area contributed by atoms with Gasteiger partial charge in [-0.15, -0.1) is 6.58 Å². The monoisotopic (exact) mass is 394 g/mol. The number of nitrogens with one attached hydrogen (secondary N) is 1. The van der Waals surface area contributed by atoms with Gasteiger partial charge in [-0.1, -0.05) is 17.7 Å². The number of nitrogens with zero attached hydrogens (tertiary/aromatic N) is 1. The molecule has 0 saturated carbocycles. The number of carbonyl (C=O) groups excluding carboxylic acids is 1. The Balaban J connectivity index is 2.80. The first kappa shape index (κ1) is 15.8. The van der Waals surface area contributed by atoms with Crippen LogP contribution in [0.5, 0.6) is 0 Å². The number of carboxylic acids is 1. The Bertz CT molecular complexity index is 508. The zero-order chi connectivity index (χ0) is 14.4. The van der Waals surface area contributed by atoms with Crippen molar-refractivity contribution in [3.8, 4) is 0 Å². The molecule has 0 heterocycles. The fraction of sp³-hybridized carbons (Fsp3) is 0.167. The molecule has 7 heteroatoms. The second-order valence-corrected chi connectivity index (χ2v) is 5.27. The van der Waals surface area contributed by atoms with Crippen LogP contribution in [0.4, 0.5) is 10.5 Å². The van der Waals surface area contributed by atoms with Gasteiger partial charge in [0, 0.05) is 10.1 Å². The van der Waals surface area contributed by atoms with E-state index in [-0.39, 0.29) is 6.54 Å². The third-order valence-corrected chi connectivity index (χ3v) is 3.12. The van der Waals surface area contributed by atoms with E-state index in [2.05, 4.69) is 34.5 Å². The van der Waals surface area contributed by atoms with Gasteiger partial charge in [0.15, 0.2) is 0 Å². The van der Waals surface area contributed by atoms with E-state index in [9.17, 15) is 9.59 Å². The second-order valence-electron chi connectivity index (χ2n) is 3.62. The zero-order valence-electron chi connectivity index (χ0n) is 9.90. The van der Waals surface area contributed by atoms with Crippen molar-refractivity contribution in [1.29, 1.82) is 0 Å². The number of benzene rings is 1. The molecule has 0 aliphatic heterocycles. The van der Waals surface area contributed by atoms with Gasteiger partial charge in [0.05, 0.1) is 10.7 Å². The summed E-state index contributed by atoms with van der Waals surface area (Å²) in [5.41, 5.74) is 0.437. The van der Waals surface area contributed by atoms with Gasteiger partial charge in [-0.3, -0.25) is 4.79 Å². The third-order valence-electron chi connectivity index (χ3n) is 2.14. The molecule has 2 N–H and O–H groups in total. The molecule has 1 aromatic rings. The summed E-state index contributed by atoms with van der Waals surface area (Å²) in [5.74, 6) is -1.09. The van der Waals surface area contributed by atoms with Crippen molar-refractivity contribution in [3.63, 3.8) is 0 Å². The van der Waals surface area contributed by atoms with Gasteiger partial charge in [0.25, 0.3) is 0 Å². The number of anilines is 1. The summed E-state index contributed by atoms with van der Waals surface area (Å²) in [6.07, 6.45) is 1.46. The normalized spacial score (nSPS) is 9.79. The van der Waals surface area contributed by atoms with E-state index >= 15 is 0 Å². The minimum Gasteiger partial charge on any atom is -0.480 e. The lowest BCUT2D eigenvalue weighted by molar-refractivity contribution is -0.137. The Morgan fingerprint density at radius 3 is 2.74 bits per heavy atom. The van der Waals surface area contributed by atoms with Crippen molar-refractivity contribution in [3.05, 3.63) is 39.4 Å². The lowest BCUT2D eigenvalue weighted by Gasteiger charge is -2.19. The number of carbonyl (C=O) groups is 2. The average molecular weight is 395 g/mol. The minimum absolute atomic E-state index is 0.139. The molecule has 0 spiro atoms. The third kappa shape index (κ3) is 5.07. The average Bonchev–Trinajstić information content (AvgIpc) is 2.31. The van der Waals surface area contributed by atoms with Crippen molar-refractivity contribution >= 4 is 51.9 Å². The predicted octanol–water partition coefficient (Wildman–Crippen LogP) is 3.05. The molecule has 19 heavy (non-hydrogen) atoms. The molecule has 0 saturated heterocycles. The molecule has 102 valence electrons. The fourth-order valence-corrected chi connectivity index (χ4v) is 2.23. The van der Waals surface area contributed by atoms with E-state index < -0.39 is 18.5 Å². The quantitative estimate of drug-likeness (QED) is 0.596. The van der Waals surface area contributed by atoms with Crippen LogP contribution in [0.1, 0.15) is 0 Å². The highest BCUT2D eigenvalue weighted by Gasteiger charge is 2.16. The number of hydrogen-bond acceptors (Lipinski definition) is 2. The molecule has 1 rings (SSSR count). The van der Waals surface area contributed by atoms with Crippen molar-refractivity contribution in [2.45, 2.75) is 0 Å². The summed E-state index contributed by atoms with van der Waals surface area (Å²) in [5, 5.41) is 11.7. The number of aliphatic carboxylic acids is 1. The van der Waals surface area contributed by atoms with Gasteiger partial charge in [0.1, 0.15) is 6.54 Å². The Kier molecular flexibility index (Phi) is 6.10. The molecule has 5 nitrogen and oxygen atoms in total. The largest absolute Gasteiger partial charge is 0.480 e. The highest BCUT2D eigenvalue weighted by molar-refractivity contribution is 14.1. The first-order chi connectivity index (χ1) is 8.93. The Labute approximate surface area is 129 Å². The smallest absolute Gasteiger partial charge is 0.323 e. The predicted molar refractivity (Wildman–Crippen MR) is 82.6 cm³/mol. The van der Waals surface area contributed by atoms with Gasteiger partial charge in [-0.2, -0.15) is 0 Å². The molecule has 0 radical (unpaired) electrons. The molecule has 0 atom stereocenters. The van der Waals surface area contributed by atoms with E-state index in [0.29, 0.717) is 10.7 Å². The molecule has 0 aliphatic carbocycles. The Hall–Kier alpha value is -1.28. The van der Waals surface area contributed by atoms with Crippen LogP contribution in [0.3, 0.4) is 0 Å². The van der Waals surface area contributed by atoms with Crippen LogP contribution >= 0.6 is 34.2 Å².